The first-order valence-electron chi connectivity index (χ1n) is 7.84. The van der Waals surface area contributed by atoms with Crippen molar-refractivity contribution in [1.29, 1.82) is 0 Å². The van der Waals surface area contributed by atoms with E-state index in [9.17, 15) is 4.79 Å². The molecule has 1 aliphatic carbocycles. The molecule has 0 spiro atoms. The van der Waals surface area contributed by atoms with Gasteiger partial charge in [0.05, 0.1) is 0 Å². The molecule has 0 aromatic carbocycles. The topological polar surface area (TPSA) is 55.1 Å². The Bertz CT molecular complexity index is 277. The summed E-state index contributed by atoms with van der Waals surface area (Å²) in [5, 5.41) is 3.18. The molecule has 1 rings (SSSR count). The molecule has 0 bridgehead atoms. The van der Waals surface area contributed by atoms with Crippen LogP contribution in [-0.2, 0) is 4.79 Å². The normalized spacial score (nSPS) is 20.9. The van der Waals surface area contributed by atoms with Gasteiger partial charge in [-0.15, -0.1) is 0 Å². The van der Waals surface area contributed by atoms with E-state index in [1.165, 1.54) is 32.1 Å². The molecule has 0 saturated heterocycles. The fourth-order valence-corrected chi connectivity index (χ4v) is 2.76. The summed E-state index contributed by atoms with van der Waals surface area (Å²) in [4.78, 5) is 12.1. The van der Waals surface area contributed by atoms with Crippen LogP contribution in [-0.4, -0.2) is 18.5 Å². The molecule has 1 fully saturated rings. The molecule has 112 valence electrons. The molecule has 0 heterocycles. The molecular formula is C16H32N2O. The Morgan fingerprint density at radius 2 is 1.84 bits per heavy atom. The summed E-state index contributed by atoms with van der Waals surface area (Å²) in [6.07, 6.45) is 6.95. The van der Waals surface area contributed by atoms with Crippen molar-refractivity contribution in [1.82, 2.24) is 5.32 Å². The van der Waals surface area contributed by atoms with Gasteiger partial charge in [-0.2, -0.15) is 0 Å². The van der Waals surface area contributed by atoms with Gasteiger partial charge in [-0.25, -0.2) is 0 Å². The highest BCUT2D eigenvalue weighted by molar-refractivity contribution is 5.76. The molecule has 0 aromatic rings. The van der Waals surface area contributed by atoms with Gasteiger partial charge in [0.25, 0.3) is 0 Å². The Morgan fingerprint density at radius 3 is 2.32 bits per heavy atom. The van der Waals surface area contributed by atoms with Crippen molar-refractivity contribution in [3.8, 4) is 0 Å². The fraction of sp³-hybridized carbons (Fsp3) is 0.938. The maximum atomic E-state index is 12.1. The summed E-state index contributed by atoms with van der Waals surface area (Å²) in [5.74, 6) is 1.15. The van der Waals surface area contributed by atoms with E-state index in [0.29, 0.717) is 24.8 Å². The third-order valence-corrected chi connectivity index (χ3v) is 4.79. The number of hydrogen-bond acceptors (Lipinski definition) is 2. The predicted molar refractivity (Wildman–Crippen MR) is 80.8 cm³/mol. The molecular weight excluding hydrogens is 236 g/mol. The minimum Gasteiger partial charge on any atom is -0.352 e. The van der Waals surface area contributed by atoms with E-state index in [2.05, 4.69) is 33.0 Å². The van der Waals surface area contributed by atoms with Crippen LogP contribution in [0.25, 0.3) is 0 Å². The summed E-state index contributed by atoms with van der Waals surface area (Å²) in [5.41, 5.74) is 6.03. The SMILES string of the molecule is CC(CC(=O)NC(CN)C1CCCCC1)C(C)(C)C. The second-order valence-electron chi connectivity index (χ2n) is 7.28. The van der Waals surface area contributed by atoms with Crippen LogP contribution < -0.4 is 11.1 Å². The maximum Gasteiger partial charge on any atom is 0.220 e. The molecule has 1 amide bonds. The Labute approximate surface area is 118 Å². The first-order valence-corrected chi connectivity index (χ1v) is 7.84. The monoisotopic (exact) mass is 268 g/mol. The minimum atomic E-state index is 0.170. The Morgan fingerprint density at radius 1 is 1.26 bits per heavy atom. The quantitative estimate of drug-likeness (QED) is 0.805. The van der Waals surface area contributed by atoms with E-state index in [0.717, 1.165) is 0 Å². The number of carbonyl (C=O) groups excluding carboxylic acids is 1. The Kier molecular flexibility index (Phi) is 6.31. The van der Waals surface area contributed by atoms with Crippen LogP contribution in [0.15, 0.2) is 0 Å². The van der Waals surface area contributed by atoms with Gasteiger partial charge in [0.1, 0.15) is 0 Å². The average Bonchev–Trinajstić information content (AvgIpc) is 2.35. The summed E-state index contributed by atoms with van der Waals surface area (Å²) < 4.78 is 0. The van der Waals surface area contributed by atoms with Crippen LogP contribution in [0.2, 0.25) is 0 Å². The van der Waals surface area contributed by atoms with Gasteiger partial charge in [-0.1, -0.05) is 47.0 Å². The zero-order valence-corrected chi connectivity index (χ0v) is 13.2. The van der Waals surface area contributed by atoms with Crippen LogP contribution in [0.5, 0.6) is 0 Å². The van der Waals surface area contributed by atoms with E-state index in [-0.39, 0.29) is 17.4 Å². The lowest BCUT2D eigenvalue weighted by molar-refractivity contribution is -0.123. The van der Waals surface area contributed by atoms with Crippen molar-refractivity contribution in [2.75, 3.05) is 6.54 Å². The number of nitrogens with one attached hydrogen (secondary N) is 1. The molecule has 2 atom stereocenters. The lowest BCUT2D eigenvalue weighted by Crippen LogP contribution is -2.46. The van der Waals surface area contributed by atoms with Crippen molar-refractivity contribution < 1.29 is 4.79 Å². The van der Waals surface area contributed by atoms with Gasteiger partial charge in [-0.3, -0.25) is 4.79 Å². The van der Waals surface area contributed by atoms with Gasteiger partial charge in [0.2, 0.25) is 5.91 Å². The van der Waals surface area contributed by atoms with Crippen LogP contribution in [0.1, 0.15) is 66.2 Å². The molecule has 0 aliphatic heterocycles. The number of nitrogens with two attached hydrogens (primary N) is 1. The summed E-state index contributed by atoms with van der Waals surface area (Å²) >= 11 is 0. The number of carbonyl (C=O) groups is 1. The molecule has 2 unspecified atom stereocenters. The van der Waals surface area contributed by atoms with Gasteiger partial charge >= 0.3 is 0 Å². The third kappa shape index (κ3) is 5.52. The van der Waals surface area contributed by atoms with E-state index in [1.807, 2.05) is 0 Å². The highest BCUT2D eigenvalue weighted by atomic mass is 16.1. The van der Waals surface area contributed by atoms with Crippen LogP contribution in [0.3, 0.4) is 0 Å². The van der Waals surface area contributed by atoms with E-state index in [4.69, 9.17) is 5.73 Å². The largest absolute Gasteiger partial charge is 0.352 e. The molecule has 0 radical (unpaired) electrons. The molecule has 0 aromatic heterocycles. The summed E-state index contributed by atoms with van der Waals surface area (Å²) in [6.45, 7) is 9.28. The van der Waals surface area contributed by atoms with E-state index in [1.54, 1.807) is 0 Å². The zero-order chi connectivity index (χ0) is 14.5. The lowest BCUT2D eigenvalue weighted by atomic mass is 9.79. The van der Waals surface area contributed by atoms with Gasteiger partial charge in [0.15, 0.2) is 0 Å². The highest BCUT2D eigenvalue weighted by Gasteiger charge is 2.26. The Hall–Kier alpha value is -0.570. The summed E-state index contributed by atoms with van der Waals surface area (Å²) in [7, 11) is 0. The molecule has 3 heteroatoms. The first kappa shape index (κ1) is 16.5. The Balaban J connectivity index is 2.44. The smallest absolute Gasteiger partial charge is 0.220 e. The number of hydrogen-bond donors (Lipinski definition) is 2. The number of rotatable bonds is 5. The second kappa shape index (κ2) is 7.28. The third-order valence-electron chi connectivity index (χ3n) is 4.79. The van der Waals surface area contributed by atoms with Crippen molar-refractivity contribution in [3.05, 3.63) is 0 Å². The standard InChI is InChI=1S/C16H32N2O/c1-12(16(2,3)4)10-15(19)18-14(11-17)13-8-6-5-7-9-13/h12-14H,5-11,17H2,1-4H3,(H,18,19). The molecule has 3 nitrogen and oxygen atoms in total. The summed E-state index contributed by atoms with van der Waals surface area (Å²) in [6, 6.07) is 0.181. The van der Waals surface area contributed by atoms with E-state index < -0.39 is 0 Å². The second-order valence-corrected chi connectivity index (χ2v) is 7.28. The maximum absolute atomic E-state index is 12.1. The first-order chi connectivity index (χ1) is 8.84. The fourth-order valence-electron chi connectivity index (χ4n) is 2.76. The molecule has 19 heavy (non-hydrogen) atoms. The van der Waals surface area contributed by atoms with Gasteiger partial charge in [0, 0.05) is 19.0 Å². The van der Waals surface area contributed by atoms with Gasteiger partial charge < -0.3 is 11.1 Å². The van der Waals surface area contributed by atoms with Crippen LogP contribution in [0.4, 0.5) is 0 Å². The van der Waals surface area contributed by atoms with E-state index >= 15 is 0 Å². The molecule has 1 saturated carbocycles. The zero-order valence-electron chi connectivity index (χ0n) is 13.2. The van der Waals surface area contributed by atoms with Crippen LogP contribution >= 0.6 is 0 Å². The predicted octanol–water partition coefficient (Wildman–Crippen LogP) is 3.08. The molecule has 3 N–H and O–H groups in total. The van der Waals surface area contributed by atoms with Gasteiger partial charge in [-0.05, 0) is 30.1 Å². The van der Waals surface area contributed by atoms with Crippen molar-refractivity contribution in [2.45, 2.75) is 72.3 Å². The van der Waals surface area contributed by atoms with Crippen LogP contribution in [0, 0.1) is 17.3 Å². The molecule has 1 aliphatic rings. The minimum absolute atomic E-state index is 0.170. The average molecular weight is 268 g/mol. The van der Waals surface area contributed by atoms with Crippen molar-refractivity contribution in [3.63, 3.8) is 0 Å². The lowest BCUT2D eigenvalue weighted by Gasteiger charge is -2.31. The highest BCUT2D eigenvalue weighted by Crippen LogP contribution is 2.29. The number of amides is 1. The van der Waals surface area contributed by atoms with Crippen molar-refractivity contribution in [2.24, 2.45) is 23.0 Å². The van der Waals surface area contributed by atoms with Crippen molar-refractivity contribution >= 4 is 5.91 Å².